The van der Waals surface area contributed by atoms with E-state index in [9.17, 15) is 31.5 Å². The number of anilines is 1. The number of aliphatic hydroxyl groups is 1. The molecule has 1 heterocycles. The normalized spacial score (nSPS) is 16.1. The molecular weight excluding hydrogens is 505 g/mol. The molecule has 0 aromatic heterocycles. The molecule has 0 atom stereocenters. The number of piperidine rings is 1. The Morgan fingerprint density at radius 2 is 1.69 bits per heavy atom. The Bertz CT molecular complexity index is 1390. The van der Waals surface area contributed by atoms with Gasteiger partial charge in [-0.2, -0.15) is 4.31 Å². The maximum absolute atomic E-state index is 14.2. The fraction of sp³-hybridized carbons (Fsp3) is 0.208. The first-order valence-electron chi connectivity index (χ1n) is 10.5. The highest BCUT2D eigenvalue weighted by Gasteiger charge is 2.40. The number of nitrogens with zero attached hydrogens (tertiary/aromatic N) is 1. The Morgan fingerprint density at radius 1 is 0.971 bits per heavy atom. The van der Waals surface area contributed by atoms with Crippen LogP contribution in [0.5, 0.6) is 0 Å². The molecule has 1 aliphatic rings. The molecule has 1 fully saturated rings. The lowest BCUT2D eigenvalue weighted by Gasteiger charge is -2.38. The van der Waals surface area contributed by atoms with Crippen LogP contribution in [-0.4, -0.2) is 36.8 Å². The molecule has 11 heteroatoms. The largest absolute Gasteiger partial charge is 0.385 e. The Kier molecular flexibility index (Phi) is 6.92. The van der Waals surface area contributed by atoms with Gasteiger partial charge in [0.1, 0.15) is 17.5 Å². The van der Waals surface area contributed by atoms with Crippen molar-refractivity contribution in [2.24, 2.45) is 0 Å². The van der Waals surface area contributed by atoms with Crippen LogP contribution < -0.4 is 5.32 Å². The number of sulfonamides is 1. The topological polar surface area (TPSA) is 86.7 Å². The van der Waals surface area contributed by atoms with E-state index in [1.54, 1.807) is 0 Å². The number of carbonyl (C=O) groups excluding carboxylic acids is 1. The number of hydrogen-bond acceptors (Lipinski definition) is 4. The van der Waals surface area contributed by atoms with Gasteiger partial charge < -0.3 is 10.4 Å². The van der Waals surface area contributed by atoms with Crippen LogP contribution in [0.15, 0.2) is 65.6 Å². The van der Waals surface area contributed by atoms with Gasteiger partial charge in [-0.15, -0.1) is 0 Å². The molecule has 0 aliphatic carbocycles. The van der Waals surface area contributed by atoms with Crippen molar-refractivity contribution in [3.05, 3.63) is 94.3 Å². The second-order valence-corrected chi connectivity index (χ2v) is 10.5. The maximum Gasteiger partial charge on any atom is 0.255 e. The van der Waals surface area contributed by atoms with E-state index in [1.165, 1.54) is 36.4 Å². The molecule has 1 amide bonds. The second kappa shape index (κ2) is 9.62. The van der Waals surface area contributed by atoms with E-state index in [1.807, 2.05) is 0 Å². The van der Waals surface area contributed by atoms with Crippen molar-refractivity contribution in [3.63, 3.8) is 0 Å². The summed E-state index contributed by atoms with van der Waals surface area (Å²) in [5.74, 6) is -2.94. The van der Waals surface area contributed by atoms with E-state index in [-0.39, 0.29) is 52.7 Å². The van der Waals surface area contributed by atoms with Gasteiger partial charge in [-0.05, 0) is 55.3 Å². The van der Waals surface area contributed by atoms with Crippen molar-refractivity contribution >= 4 is 33.2 Å². The van der Waals surface area contributed by atoms with E-state index < -0.39 is 39.0 Å². The zero-order chi connectivity index (χ0) is 25.4. The highest BCUT2D eigenvalue weighted by molar-refractivity contribution is 7.89. The monoisotopic (exact) mass is 524 g/mol. The molecule has 4 rings (SSSR count). The third kappa shape index (κ3) is 5.20. The van der Waals surface area contributed by atoms with Gasteiger partial charge >= 0.3 is 0 Å². The third-order valence-corrected chi connectivity index (χ3v) is 8.08. The number of rotatable bonds is 5. The molecular formula is C24H20ClF3N2O4S. The number of nitrogens with one attached hydrogen (secondary N) is 1. The minimum absolute atomic E-state index is 0.0495. The summed E-state index contributed by atoms with van der Waals surface area (Å²) in [4.78, 5) is 12.5. The molecule has 1 aliphatic heterocycles. The smallest absolute Gasteiger partial charge is 0.255 e. The minimum atomic E-state index is -4.03. The van der Waals surface area contributed by atoms with E-state index in [0.717, 1.165) is 22.5 Å². The number of hydrogen-bond donors (Lipinski definition) is 2. The van der Waals surface area contributed by atoms with Crippen molar-refractivity contribution in [2.75, 3.05) is 18.4 Å². The number of benzene rings is 3. The van der Waals surface area contributed by atoms with Crippen LogP contribution in [0.2, 0.25) is 5.02 Å². The van der Waals surface area contributed by atoms with Gasteiger partial charge in [-0.3, -0.25) is 4.79 Å². The molecule has 1 saturated heterocycles. The lowest BCUT2D eigenvalue weighted by Crippen LogP contribution is -2.45. The summed E-state index contributed by atoms with van der Waals surface area (Å²) < 4.78 is 68.3. The predicted octanol–water partition coefficient (Wildman–Crippen LogP) is 4.68. The fourth-order valence-electron chi connectivity index (χ4n) is 3.96. The summed E-state index contributed by atoms with van der Waals surface area (Å²) in [6.45, 7) is -0.222. The highest BCUT2D eigenvalue weighted by Crippen LogP contribution is 2.36. The zero-order valence-electron chi connectivity index (χ0n) is 18.1. The van der Waals surface area contributed by atoms with Crippen molar-refractivity contribution in [3.8, 4) is 0 Å². The van der Waals surface area contributed by atoms with Crippen molar-refractivity contribution < 1.29 is 31.5 Å². The SMILES string of the molecule is O=C(Nc1ccc(F)c(Cl)c1)c1cccc(S(=O)(=O)N2CCC(O)(c3ccc(F)cc3F)CC2)c1. The van der Waals surface area contributed by atoms with Crippen molar-refractivity contribution in [1.29, 1.82) is 0 Å². The standard InChI is InChI=1S/C24H20ClF3N2O4S/c25-20-14-17(5-7-21(20)27)29-23(31)15-2-1-3-18(12-15)35(33,34)30-10-8-24(32,9-11-30)19-6-4-16(26)13-22(19)28/h1-7,12-14,32H,8-11H2,(H,29,31). The molecule has 184 valence electrons. The molecule has 35 heavy (non-hydrogen) atoms. The fourth-order valence-corrected chi connectivity index (χ4v) is 5.63. The van der Waals surface area contributed by atoms with Gasteiger partial charge in [0, 0.05) is 36.0 Å². The summed E-state index contributed by atoms with van der Waals surface area (Å²) in [6.07, 6.45) is -0.194. The van der Waals surface area contributed by atoms with Gasteiger partial charge in [0.05, 0.1) is 15.5 Å². The van der Waals surface area contributed by atoms with Gasteiger partial charge in [0.25, 0.3) is 5.91 Å². The van der Waals surface area contributed by atoms with E-state index in [4.69, 9.17) is 11.6 Å². The third-order valence-electron chi connectivity index (χ3n) is 5.89. The quantitative estimate of drug-likeness (QED) is 0.507. The molecule has 0 unspecified atom stereocenters. The summed E-state index contributed by atoms with van der Waals surface area (Å²) in [5.41, 5.74) is -1.44. The summed E-state index contributed by atoms with van der Waals surface area (Å²) in [6, 6.07) is 11.9. The number of amides is 1. The van der Waals surface area contributed by atoms with E-state index in [2.05, 4.69) is 5.32 Å². The van der Waals surface area contributed by atoms with Crippen LogP contribution >= 0.6 is 11.6 Å². The number of halogens is 4. The van der Waals surface area contributed by atoms with Crippen LogP contribution in [-0.2, 0) is 15.6 Å². The Hall–Kier alpha value is -2.92. The van der Waals surface area contributed by atoms with Gasteiger partial charge in [-0.1, -0.05) is 23.7 Å². The lowest BCUT2D eigenvalue weighted by atomic mass is 9.85. The van der Waals surface area contributed by atoms with Gasteiger partial charge in [0.15, 0.2) is 0 Å². The lowest BCUT2D eigenvalue weighted by molar-refractivity contribution is -0.0126. The van der Waals surface area contributed by atoms with Crippen molar-refractivity contribution in [2.45, 2.75) is 23.3 Å². The Balaban J connectivity index is 1.50. The van der Waals surface area contributed by atoms with Gasteiger partial charge in [0.2, 0.25) is 10.0 Å². The predicted molar refractivity (Wildman–Crippen MR) is 124 cm³/mol. The molecule has 0 radical (unpaired) electrons. The summed E-state index contributed by atoms with van der Waals surface area (Å²) in [5, 5.41) is 13.2. The summed E-state index contributed by atoms with van der Waals surface area (Å²) in [7, 11) is -4.03. The maximum atomic E-state index is 14.2. The average Bonchev–Trinajstić information content (AvgIpc) is 2.81. The van der Waals surface area contributed by atoms with Gasteiger partial charge in [-0.25, -0.2) is 21.6 Å². The molecule has 2 N–H and O–H groups in total. The average molecular weight is 525 g/mol. The van der Waals surface area contributed by atoms with Crippen LogP contribution in [0.4, 0.5) is 18.9 Å². The van der Waals surface area contributed by atoms with E-state index in [0.29, 0.717) is 6.07 Å². The Labute approximate surface area is 205 Å². The molecule has 3 aromatic carbocycles. The van der Waals surface area contributed by atoms with Crippen molar-refractivity contribution in [1.82, 2.24) is 4.31 Å². The number of carbonyl (C=O) groups is 1. The Morgan fingerprint density at radius 3 is 2.34 bits per heavy atom. The first-order chi connectivity index (χ1) is 16.5. The van der Waals surface area contributed by atoms with Crippen LogP contribution in [0.3, 0.4) is 0 Å². The zero-order valence-corrected chi connectivity index (χ0v) is 19.7. The second-order valence-electron chi connectivity index (χ2n) is 8.17. The molecule has 0 bridgehead atoms. The molecule has 0 saturated carbocycles. The first kappa shape index (κ1) is 25.2. The highest BCUT2D eigenvalue weighted by atomic mass is 35.5. The van der Waals surface area contributed by atoms with E-state index >= 15 is 0 Å². The summed E-state index contributed by atoms with van der Waals surface area (Å²) >= 11 is 5.72. The minimum Gasteiger partial charge on any atom is -0.385 e. The first-order valence-corrected chi connectivity index (χ1v) is 12.4. The molecule has 3 aromatic rings. The van der Waals surface area contributed by atoms with Crippen LogP contribution in [0.25, 0.3) is 0 Å². The van der Waals surface area contributed by atoms with Crippen LogP contribution in [0, 0.1) is 17.5 Å². The van der Waals surface area contributed by atoms with Crippen LogP contribution in [0.1, 0.15) is 28.8 Å². The molecule has 0 spiro atoms. The molecule has 6 nitrogen and oxygen atoms in total.